The molecule has 1 nitrogen and oxygen atoms in total. The fourth-order valence-corrected chi connectivity index (χ4v) is 2.26. The van der Waals surface area contributed by atoms with Gasteiger partial charge >= 0.3 is 0 Å². The number of halogens is 1. The van der Waals surface area contributed by atoms with Crippen molar-refractivity contribution in [3.05, 3.63) is 0 Å². The molecule has 0 aromatic heterocycles. The van der Waals surface area contributed by atoms with Crippen LogP contribution in [-0.2, 0) is 0 Å². The molecule has 1 heterocycles. The third-order valence-electron chi connectivity index (χ3n) is 3.03. The molecule has 1 atom stereocenters. The number of rotatable bonds is 3. The van der Waals surface area contributed by atoms with Gasteiger partial charge in [0.1, 0.15) is 0 Å². The van der Waals surface area contributed by atoms with Gasteiger partial charge in [-0.3, -0.25) is 0 Å². The zero-order valence-electron chi connectivity index (χ0n) is 9.47. The van der Waals surface area contributed by atoms with E-state index in [4.69, 9.17) is 11.6 Å². The van der Waals surface area contributed by atoms with Crippen molar-refractivity contribution in [2.75, 3.05) is 25.5 Å². The standard InChI is InChI=1S/C12H24ClN/c1-12(10-13)11-14-8-6-4-2-3-5-7-9-14/h12H,2-11H2,1H3. The Labute approximate surface area is 93.8 Å². The van der Waals surface area contributed by atoms with Crippen LogP contribution in [0.25, 0.3) is 0 Å². The number of hydrogen-bond acceptors (Lipinski definition) is 1. The van der Waals surface area contributed by atoms with Crippen LogP contribution in [0, 0.1) is 5.92 Å². The van der Waals surface area contributed by atoms with Crippen LogP contribution in [-0.4, -0.2) is 30.4 Å². The molecule has 0 saturated carbocycles. The second kappa shape index (κ2) is 7.53. The second-order valence-corrected chi connectivity index (χ2v) is 4.99. The fraction of sp³-hybridized carbons (Fsp3) is 1.00. The van der Waals surface area contributed by atoms with Gasteiger partial charge in [-0.2, -0.15) is 0 Å². The first-order valence-electron chi connectivity index (χ1n) is 6.11. The first-order valence-corrected chi connectivity index (χ1v) is 6.64. The summed E-state index contributed by atoms with van der Waals surface area (Å²) in [4.78, 5) is 2.61. The van der Waals surface area contributed by atoms with Crippen LogP contribution in [0.5, 0.6) is 0 Å². The first kappa shape index (κ1) is 12.3. The van der Waals surface area contributed by atoms with Gasteiger partial charge in [-0.15, -0.1) is 11.6 Å². The summed E-state index contributed by atoms with van der Waals surface area (Å²) >= 11 is 5.85. The van der Waals surface area contributed by atoms with Gasteiger partial charge in [0.15, 0.2) is 0 Å². The minimum absolute atomic E-state index is 0.650. The van der Waals surface area contributed by atoms with Gasteiger partial charge in [-0.25, -0.2) is 0 Å². The molecule has 0 N–H and O–H groups in total. The van der Waals surface area contributed by atoms with E-state index in [0.717, 1.165) is 5.88 Å². The Bertz CT molecular complexity index is 128. The zero-order chi connectivity index (χ0) is 10.2. The van der Waals surface area contributed by atoms with Crippen molar-refractivity contribution in [3.63, 3.8) is 0 Å². The molecule has 0 aromatic carbocycles. The summed E-state index contributed by atoms with van der Waals surface area (Å²) in [7, 11) is 0. The molecule has 84 valence electrons. The summed E-state index contributed by atoms with van der Waals surface area (Å²) in [5, 5.41) is 0. The number of nitrogens with zero attached hydrogens (tertiary/aromatic N) is 1. The van der Waals surface area contributed by atoms with Crippen molar-refractivity contribution in [2.24, 2.45) is 5.92 Å². The summed E-state index contributed by atoms with van der Waals surface area (Å²) in [5.41, 5.74) is 0. The quantitative estimate of drug-likeness (QED) is 0.654. The first-order chi connectivity index (χ1) is 6.83. The summed E-state index contributed by atoms with van der Waals surface area (Å²) in [5.74, 6) is 1.45. The van der Waals surface area contributed by atoms with E-state index in [-0.39, 0.29) is 0 Å². The van der Waals surface area contributed by atoms with Crippen LogP contribution in [0.1, 0.15) is 45.4 Å². The number of hydrogen-bond donors (Lipinski definition) is 0. The Morgan fingerprint density at radius 2 is 1.50 bits per heavy atom. The third kappa shape index (κ3) is 5.21. The third-order valence-corrected chi connectivity index (χ3v) is 3.56. The van der Waals surface area contributed by atoms with Crippen LogP contribution < -0.4 is 0 Å². The maximum Gasteiger partial charge on any atom is 0.0261 e. The Kier molecular flexibility index (Phi) is 6.63. The molecule has 0 amide bonds. The maximum atomic E-state index is 5.85. The Morgan fingerprint density at radius 3 is 2.00 bits per heavy atom. The zero-order valence-corrected chi connectivity index (χ0v) is 10.2. The van der Waals surface area contributed by atoms with E-state index in [0.29, 0.717) is 5.92 Å². The summed E-state index contributed by atoms with van der Waals surface area (Å²) in [6.07, 6.45) is 8.50. The minimum Gasteiger partial charge on any atom is -0.303 e. The fourth-order valence-electron chi connectivity index (χ4n) is 2.16. The monoisotopic (exact) mass is 217 g/mol. The summed E-state index contributed by atoms with van der Waals surface area (Å²) in [6, 6.07) is 0. The van der Waals surface area contributed by atoms with Gasteiger partial charge in [0, 0.05) is 12.4 Å². The van der Waals surface area contributed by atoms with Crippen LogP contribution >= 0.6 is 11.6 Å². The lowest BCUT2D eigenvalue weighted by Crippen LogP contribution is -2.31. The van der Waals surface area contributed by atoms with E-state index in [1.54, 1.807) is 0 Å². The van der Waals surface area contributed by atoms with Crippen LogP contribution in [0.15, 0.2) is 0 Å². The topological polar surface area (TPSA) is 3.24 Å². The average Bonchev–Trinajstić information content (AvgIpc) is 2.31. The van der Waals surface area contributed by atoms with Crippen LogP contribution in [0.3, 0.4) is 0 Å². The molecule has 1 unspecified atom stereocenters. The van der Waals surface area contributed by atoms with Crippen molar-refractivity contribution in [3.8, 4) is 0 Å². The maximum absolute atomic E-state index is 5.85. The molecule has 1 rings (SSSR count). The van der Waals surface area contributed by atoms with Gasteiger partial charge in [0.2, 0.25) is 0 Å². The average molecular weight is 218 g/mol. The van der Waals surface area contributed by atoms with Gasteiger partial charge in [0.25, 0.3) is 0 Å². The molecule has 1 aliphatic rings. The molecular weight excluding hydrogens is 194 g/mol. The molecule has 1 saturated heterocycles. The van der Waals surface area contributed by atoms with Crippen molar-refractivity contribution in [1.82, 2.24) is 4.90 Å². The Balaban J connectivity index is 2.25. The number of alkyl halides is 1. The van der Waals surface area contributed by atoms with E-state index in [1.165, 1.54) is 58.2 Å². The SMILES string of the molecule is CC(CCl)CN1CCCCCCCC1. The molecule has 0 spiro atoms. The van der Waals surface area contributed by atoms with E-state index in [2.05, 4.69) is 11.8 Å². The minimum atomic E-state index is 0.650. The van der Waals surface area contributed by atoms with Crippen molar-refractivity contribution < 1.29 is 0 Å². The van der Waals surface area contributed by atoms with Crippen LogP contribution in [0.2, 0.25) is 0 Å². The molecule has 0 aromatic rings. The molecule has 1 aliphatic heterocycles. The second-order valence-electron chi connectivity index (χ2n) is 4.68. The molecule has 1 fully saturated rings. The highest BCUT2D eigenvalue weighted by Crippen LogP contribution is 2.12. The van der Waals surface area contributed by atoms with Gasteiger partial charge < -0.3 is 4.90 Å². The Hall–Kier alpha value is 0.250. The predicted molar refractivity (Wildman–Crippen MR) is 64.0 cm³/mol. The van der Waals surface area contributed by atoms with Gasteiger partial charge in [0.05, 0.1) is 0 Å². The molecule has 0 bridgehead atoms. The summed E-state index contributed by atoms with van der Waals surface area (Å²) in [6.45, 7) is 6.03. The van der Waals surface area contributed by atoms with Crippen molar-refractivity contribution >= 4 is 11.6 Å². The normalized spacial score (nSPS) is 23.6. The van der Waals surface area contributed by atoms with E-state index in [9.17, 15) is 0 Å². The molecule has 2 heteroatoms. The molecule has 14 heavy (non-hydrogen) atoms. The largest absolute Gasteiger partial charge is 0.303 e. The highest BCUT2D eigenvalue weighted by Gasteiger charge is 2.10. The van der Waals surface area contributed by atoms with Crippen LogP contribution in [0.4, 0.5) is 0 Å². The van der Waals surface area contributed by atoms with Crippen molar-refractivity contribution in [2.45, 2.75) is 45.4 Å². The molecular formula is C12H24ClN. The van der Waals surface area contributed by atoms with Gasteiger partial charge in [-0.05, 0) is 31.8 Å². The van der Waals surface area contributed by atoms with Gasteiger partial charge in [-0.1, -0.05) is 32.6 Å². The smallest absolute Gasteiger partial charge is 0.0261 e. The Morgan fingerprint density at radius 1 is 1.00 bits per heavy atom. The van der Waals surface area contributed by atoms with E-state index in [1.807, 2.05) is 0 Å². The highest BCUT2D eigenvalue weighted by molar-refractivity contribution is 6.18. The van der Waals surface area contributed by atoms with E-state index >= 15 is 0 Å². The lowest BCUT2D eigenvalue weighted by molar-refractivity contribution is 0.241. The van der Waals surface area contributed by atoms with E-state index < -0.39 is 0 Å². The lowest BCUT2D eigenvalue weighted by atomic mass is 10.1. The summed E-state index contributed by atoms with van der Waals surface area (Å²) < 4.78 is 0. The lowest BCUT2D eigenvalue weighted by Gasteiger charge is -2.24. The highest BCUT2D eigenvalue weighted by atomic mass is 35.5. The molecule has 0 aliphatic carbocycles. The van der Waals surface area contributed by atoms with Crippen molar-refractivity contribution in [1.29, 1.82) is 0 Å². The molecule has 0 radical (unpaired) electrons. The predicted octanol–water partition coefficient (Wildman–Crippen LogP) is 3.52.